The van der Waals surface area contributed by atoms with Gasteiger partial charge in [0.2, 0.25) is 0 Å². The predicted molar refractivity (Wildman–Crippen MR) is 97.4 cm³/mol. The fraction of sp³-hybridized carbons (Fsp3) is 0.350. The second-order valence-corrected chi connectivity index (χ2v) is 6.78. The molecule has 5 nitrogen and oxygen atoms in total. The van der Waals surface area contributed by atoms with Crippen LogP contribution in [-0.2, 0) is 6.54 Å². The lowest BCUT2D eigenvalue weighted by atomic mass is 10.1. The summed E-state index contributed by atoms with van der Waals surface area (Å²) in [5, 5.41) is 8.40. The van der Waals surface area contributed by atoms with Crippen molar-refractivity contribution < 1.29 is 9.18 Å². The molecular formula is C20H21FN4O. The van der Waals surface area contributed by atoms with Crippen LogP contribution in [0.3, 0.4) is 0 Å². The van der Waals surface area contributed by atoms with Gasteiger partial charge in [0.15, 0.2) is 0 Å². The molecule has 4 rings (SSSR count). The molecule has 1 amide bonds. The Kier molecular flexibility index (Phi) is 4.65. The lowest BCUT2D eigenvalue weighted by Crippen LogP contribution is -2.31. The summed E-state index contributed by atoms with van der Waals surface area (Å²) in [4.78, 5) is 14.7. The lowest BCUT2D eigenvalue weighted by molar-refractivity contribution is 0.0762. The largest absolute Gasteiger partial charge is 0.339 e. The zero-order valence-electron chi connectivity index (χ0n) is 14.6. The average Bonchev–Trinajstić information content (AvgIpc) is 2.87. The van der Waals surface area contributed by atoms with Crippen molar-refractivity contribution in [2.45, 2.75) is 32.2 Å². The number of nitrogens with zero attached hydrogens (tertiary/aromatic N) is 4. The molecule has 0 saturated carbocycles. The standard InChI is InChI=1S/C20H21FN4O/c21-17-8-5-15(6-9-17)14-25-19-10-7-16(13-18(19)22-23-25)20(26)24-11-3-1-2-4-12-24/h5-10,13H,1-4,11-12,14H2. The number of rotatable bonds is 3. The fourth-order valence-corrected chi connectivity index (χ4v) is 3.44. The van der Waals surface area contributed by atoms with Gasteiger partial charge in [-0.3, -0.25) is 4.79 Å². The lowest BCUT2D eigenvalue weighted by Gasteiger charge is -2.20. The van der Waals surface area contributed by atoms with Crippen molar-refractivity contribution >= 4 is 16.9 Å². The van der Waals surface area contributed by atoms with Crippen LogP contribution in [0.5, 0.6) is 0 Å². The van der Waals surface area contributed by atoms with Crippen LogP contribution in [0.4, 0.5) is 4.39 Å². The van der Waals surface area contributed by atoms with Gasteiger partial charge in [-0.2, -0.15) is 0 Å². The van der Waals surface area contributed by atoms with Crippen LogP contribution in [0, 0.1) is 5.82 Å². The van der Waals surface area contributed by atoms with Crippen molar-refractivity contribution in [2.24, 2.45) is 0 Å². The number of aromatic nitrogens is 3. The Morgan fingerprint density at radius 3 is 2.46 bits per heavy atom. The number of fused-ring (bicyclic) bond motifs is 1. The summed E-state index contributed by atoms with van der Waals surface area (Å²) in [6.45, 7) is 2.17. The van der Waals surface area contributed by atoms with E-state index in [0.717, 1.165) is 37.0 Å². The minimum atomic E-state index is -0.256. The van der Waals surface area contributed by atoms with Crippen LogP contribution < -0.4 is 0 Å². The summed E-state index contributed by atoms with van der Waals surface area (Å²) in [6.07, 6.45) is 4.53. The predicted octanol–water partition coefficient (Wildman–Crippen LogP) is 3.63. The summed E-state index contributed by atoms with van der Waals surface area (Å²) in [5.74, 6) is -0.184. The molecule has 0 spiro atoms. The maximum Gasteiger partial charge on any atom is 0.253 e. The first-order valence-corrected chi connectivity index (χ1v) is 9.08. The zero-order chi connectivity index (χ0) is 17.9. The number of hydrogen-bond donors (Lipinski definition) is 0. The Balaban J connectivity index is 1.56. The van der Waals surface area contributed by atoms with Crippen molar-refractivity contribution in [3.8, 4) is 0 Å². The topological polar surface area (TPSA) is 51.0 Å². The van der Waals surface area contributed by atoms with E-state index in [1.54, 1.807) is 16.8 Å². The third-order valence-electron chi connectivity index (χ3n) is 4.90. The van der Waals surface area contributed by atoms with Gasteiger partial charge >= 0.3 is 0 Å². The van der Waals surface area contributed by atoms with Gasteiger partial charge in [-0.05, 0) is 48.7 Å². The van der Waals surface area contributed by atoms with E-state index in [4.69, 9.17) is 0 Å². The summed E-state index contributed by atoms with van der Waals surface area (Å²) in [6, 6.07) is 11.9. The summed E-state index contributed by atoms with van der Waals surface area (Å²) < 4.78 is 14.8. The van der Waals surface area contributed by atoms with Crippen LogP contribution in [0.2, 0.25) is 0 Å². The molecule has 0 aliphatic carbocycles. The maximum atomic E-state index is 13.0. The van der Waals surface area contributed by atoms with Gasteiger partial charge in [-0.25, -0.2) is 9.07 Å². The molecule has 1 aliphatic heterocycles. The molecule has 0 N–H and O–H groups in total. The van der Waals surface area contributed by atoms with Crippen LogP contribution in [0.1, 0.15) is 41.6 Å². The Labute approximate surface area is 151 Å². The highest BCUT2D eigenvalue weighted by Crippen LogP contribution is 2.18. The van der Waals surface area contributed by atoms with E-state index >= 15 is 0 Å². The number of benzene rings is 2. The zero-order valence-corrected chi connectivity index (χ0v) is 14.6. The highest BCUT2D eigenvalue weighted by molar-refractivity contribution is 5.97. The first-order chi connectivity index (χ1) is 12.7. The molecule has 0 bridgehead atoms. The van der Waals surface area contributed by atoms with Crippen molar-refractivity contribution in [1.29, 1.82) is 0 Å². The van der Waals surface area contributed by atoms with E-state index in [0.29, 0.717) is 17.6 Å². The number of carbonyl (C=O) groups is 1. The molecule has 2 aromatic carbocycles. The Hall–Kier alpha value is -2.76. The van der Waals surface area contributed by atoms with E-state index in [-0.39, 0.29) is 11.7 Å². The molecule has 134 valence electrons. The van der Waals surface area contributed by atoms with Crippen LogP contribution in [0.15, 0.2) is 42.5 Å². The number of likely N-dealkylation sites (tertiary alicyclic amines) is 1. The molecule has 2 heterocycles. The van der Waals surface area contributed by atoms with Crippen molar-refractivity contribution in [2.75, 3.05) is 13.1 Å². The second-order valence-electron chi connectivity index (χ2n) is 6.78. The van der Waals surface area contributed by atoms with Crippen molar-refractivity contribution in [3.05, 3.63) is 59.4 Å². The molecule has 1 aromatic heterocycles. The minimum Gasteiger partial charge on any atom is -0.339 e. The van der Waals surface area contributed by atoms with E-state index in [1.807, 2.05) is 23.1 Å². The van der Waals surface area contributed by atoms with Gasteiger partial charge in [0.1, 0.15) is 11.3 Å². The molecule has 6 heteroatoms. The molecule has 26 heavy (non-hydrogen) atoms. The van der Waals surface area contributed by atoms with Crippen LogP contribution in [-0.4, -0.2) is 38.9 Å². The SMILES string of the molecule is O=C(c1ccc2c(c1)nnn2Cc1ccc(F)cc1)N1CCCCCC1. The number of halogens is 1. The first kappa shape index (κ1) is 16.7. The van der Waals surface area contributed by atoms with E-state index in [1.165, 1.54) is 25.0 Å². The third-order valence-corrected chi connectivity index (χ3v) is 4.90. The molecule has 0 atom stereocenters. The van der Waals surface area contributed by atoms with Crippen LogP contribution >= 0.6 is 0 Å². The molecule has 1 saturated heterocycles. The molecule has 0 radical (unpaired) electrons. The third kappa shape index (κ3) is 3.45. The molecule has 1 fully saturated rings. The summed E-state index contributed by atoms with van der Waals surface area (Å²) in [7, 11) is 0. The highest BCUT2D eigenvalue weighted by Gasteiger charge is 2.18. The molecule has 3 aromatic rings. The fourth-order valence-electron chi connectivity index (χ4n) is 3.44. The monoisotopic (exact) mass is 352 g/mol. The highest BCUT2D eigenvalue weighted by atomic mass is 19.1. The first-order valence-electron chi connectivity index (χ1n) is 9.08. The quantitative estimate of drug-likeness (QED) is 0.723. The Morgan fingerprint density at radius 1 is 1.00 bits per heavy atom. The van der Waals surface area contributed by atoms with E-state index in [2.05, 4.69) is 10.3 Å². The summed E-state index contributed by atoms with van der Waals surface area (Å²) in [5.41, 5.74) is 3.17. The molecule has 1 aliphatic rings. The van der Waals surface area contributed by atoms with Crippen molar-refractivity contribution in [1.82, 2.24) is 19.9 Å². The molecular weight excluding hydrogens is 331 g/mol. The van der Waals surface area contributed by atoms with Crippen molar-refractivity contribution in [3.63, 3.8) is 0 Å². The van der Waals surface area contributed by atoms with Crippen LogP contribution in [0.25, 0.3) is 11.0 Å². The average molecular weight is 352 g/mol. The minimum absolute atomic E-state index is 0.0712. The van der Waals surface area contributed by atoms with Gasteiger partial charge < -0.3 is 4.90 Å². The maximum absolute atomic E-state index is 13.0. The summed E-state index contributed by atoms with van der Waals surface area (Å²) >= 11 is 0. The molecule has 0 unspecified atom stereocenters. The number of hydrogen-bond acceptors (Lipinski definition) is 3. The van der Waals surface area contributed by atoms with Gasteiger partial charge in [-0.15, -0.1) is 5.10 Å². The Morgan fingerprint density at radius 2 is 1.73 bits per heavy atom. The smallest absolute Gasteiger partial charge is 0.253 e. The van der Waals surface area contributed by atoms with E-state index in [9.17, 15) is 9.18 Å². The van der Waals surface area contributed by atoms with Gasteiger partial charge in [0.25, 0.3) is 5.91 Å². The normalized spacial score (nSPS) is 15.2. The number of amides is 1. The van der Waals surface area contributed by atoms with Gasteiger partial charge in [0.05, 0.1) is 12.1 Å². The second kappa shape index (κ2) is 7.23. The van der Waals surface area contributed by atoms with E-state index < -0.39 is 0 Å². The Bertz CT molecular complexity index is 911. The number of carbonyl (C=O) groups excluding carboxylic acids is 1. The van der Waals surface area contributed by atoms with Gasteiger partial charge in [-0.1, -0.05) is 30.2 Å². The van der Waals surface area contributed by atoms with Gasteiger partial charge in [0, 0.05) is 18.7 Å².